The molecule has 0 aliphatic carbocycles. The monoisotopic (exact) mass is 275 g/mol. The third kappa shape index (κ3) is 3.38. The van der Waals surface area contributed by atoms with Crippen molar-refractivity contribution in [3.05, 3.63) is 35.9 Å². The van der Waals surface area contributed by atoms with Gasteiger partial charge in [0, 0.05) is 38.8 Å². The van der Waals surface area contributed by atoms with Crippen LogP contribution in [0.4, 0.5) is 0 Å². The average molecular weight is 275 g/mol. The molecule has 4 heteroatoms. The summed E-state index contributed by atoms with van der Waals surface area (Å²) in [5, 5.41) is 13.3. The molecule has 4 nitrogen and oxygen atoms in total. The van der Waals surface area contributed by atoms with Gasteiger partial charge >= 0.3 is 0 Å². The molecule has 1 aromatic rings. The van der Waals surface area contributed by atoms with Crippen LogP contribution in [-0.4, -0.2) is 66.3 Å². The lowest BCUT2D eigenvalue weighted by Gasteiger charge is -2.29. The summed E-state index contributed by atoms with van der Waals surface area (Å²) in [7, 11) is 0. The van der Waals surface area contributed by atoms with Gasteiger partial charge < -0.3 is 10.4 Å². The second kappa shape index (κ2) is 6.68. The van der Waals surface area contributed by atoms with Crippen molar-refractivity contribution in [1.29, 1.82) is 0 Å². The minimum Gasteiger partial charge on any atom is -0.390 e. The average Bonchev–Trinajstić information content (AvgIpc) is 2.76. The molecule has 2 atom stereocenters. The largest absolute Gasteiger partial charge is 0.390 e. The van der Waals surface area contributed by atoms with Gasteiger partial charge in [-0.15, -0.1) is 0 Å². The van der Waals surface area contributed by atoms with E-state index in [-0.39, 0.29) is 6.10 Å². The summed E-state index contributed by atoms with van der Waals surface area (Å²) >= 11 is 0. The molecule has 0 radical (unpaired) electrons. The fourth-order valence-electron chi connectivity index (χ4n) is 3.35. The van der Waals surface area contributed by atoms with E-state index in [1.165, 1.54) is 12.0 Å². The second-order valence-corrected chi connectivity index (χ2v) is 5.94. The van der Waals surface area contributed by atoms with Crippen LogP contribution in [0.25, 0.3) is 0 Å². The quantitative estimate of drug-likeness (QED) is 0.844. The first-order valence-electron chi connectivity index (χ1n) is 7.72. The lowest BCUT2D eigenvalue weighted by Crippen LogP contribution is -2.45. The Morgan fingerprint density at radius 3 is 2.65 bits per heavy atom. The van der Waals surface area contributed by atoms with Gasteiger partial charge in [0.25, 0.3) is 0 Å². The van der Waals surface area contributed by atoms with E-state index >= 15 is 0 Å². The summed E-state index contributed by atoms with van der Waals surface area (Å²) in [6.07, 6.45) is 0.992. The minimum absolute atomic E-state index is 0.198. The summed E-state index contributed by atoms with van der Waals surface area (Å²) in [4.78, 5) is 5.00. The van der Waals surface area contributed by atoms with Crippen LogP contribution in [0, 0.1) is 0 Å². The zero-order chi connectivity index (χ0) is 13.8. The molecular formula is C16H25N3O. The summed E-state index contributed by atoms with van der Waals surface area (Å²) in [5.41, 5.74) is 1.39. The molecule has 0 spiro atoms. The highest BCUT2D eigenvalue weighted by Crippen LogP contribution is 2.14. The SMILES string of the molecule is O[C@@H]1CNC[C@H]1N1CCCN(Cc2ccccc2)CC1. The Hall–Kier alpha value is -0.940. The Kier molecular flexibility index (Phi) is 4.68. The molecule has 110 valence electrons. The molecule has 2 aliphatic rings. The predicted octanol–water partition coefficient (Wildman–Crippen LogP) is 0.527. The van der Waals surface area contributed by atoms with Crippen molar-refractivity contribution in [2.45, 2.75) is 25.1 Å². The van der Waals surface area contributed by atoms with E-state index in [1.54, 1.807) is 0 Å². The summed E-state index contributed by atoms with van der Waals surface area (Å²) in [6, 6.07) is 11.0. The minimum atomic E-state index is -0.198. The molecule has 0 aromatic heterocycles. The van der Waals surface area contributed by atoms with Gasteiger partial charge in [0.15, 0.2) is 0 Å². The normalized spacial score (nSPS) is 29.4. The molecule has 2 saturated heterocycles. The van der Waals surface area contributed by atoms with Gasteiger partial charge in [-0.05, 0) is 25.1 Å². The molecule has 2 N–H and O–H groups in total. The van der Waals surface area contributed by atoms with E-state index in [0.29, 0.717) is 6.04 Å². The number of nitrogens with zero attached hydrogens (tertiary/aromatic N) is 2. The van der Waals surface area contributed by atoms with Gasteiger partial charge in [-0.3, -0.25) is 9.80 Å². The van der Waals surface area contributed by atoms with E-state index < -0.39 is 0 Å². The number of β-amino-alcohol motifs (C(OH)–C–C–N with tert-alkyl or cyclic N) is 1. The van der Waals surface area contributed by atoms with Crippen LogP contribution in [0.1, 0.15) is 12.0 Å². The van der Waals surface area contributed by atoms with E-state index in [0.717, 1.165) is 45.8 Å². The first-order chi connectivity index (χ1) is 9.83. The van der Waals surface area contributed by atoms with Gasteiger partial charge in [-0.25, -0.2) is 0 Å². The van der Waals surface area contributed by atoms with Gasteiger partial charge in [-0.1, -0.05) is 30.3 Å². The highest BCUT2D eigenvalue weighted by atomic mass is 16.3. The molecule has 0 saturated carbocycles. The third-order valence-electron chi connectivity index (χ3n) is 4.49. The number of hydrogen-bond donors (Lipinski definition) is 2. The first-order valence-corrected chi connectivity index (χ1v) is 7.72. The van der Waals surface area contributed by atoms with Crippen LogP contribution in [0.15, 0.2) is 30.3 Å². The fourth-order valence-corrected chi connectivity index (χ4v) is 3.35. The van der Waals surface area contributed by atoms with E-state index in [4.69, 9.17) is 0 Å². The Balaban J connectivity index is 1.54. The zero-order valence-corrected chi connectivity index (χ0v) is 12.0. The standard InChI is InChI=1S/C16H25N3O/c20-16-12-17-11-15(16)19-8-4-7-18(9-10-19)13-14-5-2-1-3-6-14/h1-3,5-6,15-17,20H,4,7-13H2/t15-,16-/m1/s1. The van der Waals surface area contributed by atoms with Crippen molar-refractivity contribution < 1.29 is 5.11 Å². The smallest absolute Gasteiger partial charge is 0.0831 e. The number of benzene rings is 1. The van der Waals surface area contributed by atoms with Crippen LogP contribution in [0.3, 0.4) is 0 Å². The van der Waals surface area contributed by atoms with Crippen molar-refractivity contribution in [3.8, 4) is 0 Å². The molecular weight excluding hydrogens is 250 g/mol. The van der Waals surface area contributed by atoms with Gasteiger partial charge in [0.2, 0.25) is 0 Å². The molecule has 3 rings (SSSR count). The molecule has 0 bridgehead atoms. The van der Waals surface area contributed by atoms with Crippen molar-refractivity contribution in [3.63, 3.8) is 0 Å². The number of aliphatic hydroxyl groups is 1. The number of nitrogens with one attached hydrogen (secondary N) is 1. The van der Waals surface area contributed by atoms with Crippen LogP contribution in [-0.2, 0) is 6.54 Å². The fraction of sp³-hybridized carbons (Fsp3) is 0.625. The molecule has 2 aliphatic heterocycles. The second-order valence-electron chi connectivity index (χ2n) is 5.94. The lowest BCUT2D eigenvalue weighted by atomic mass is 10.2. The highest BCUT2D eigenvalue weighted by Gasteiger charge is 2.31. The maximum atomic E-state index is 10.0. The van der Waals surface area contributed by atoms with E-state index in [1.807, 2.05) is 0 Å². The van der Waals surface area contributed by atoms with Crippen LogP contribution in [0.2, 0.25) is 0 Å². The highest BCUT2D eigenvalue weighted by molar-refractivity contribution is 5.14. The van der Waals surface area contributed by atoms with Crippen molar-refractivity contribution in [2.24, 2.45) is 0 Å². The molecule has 0 amide bonds. The summed E-state index contributed by atoms with van der Waals surface area (Å²) in [5.74, 6) is 0. The topological polar surface area (TPSA) is 38.7 Å². The molecule has 2 fully saturated rings. The van der Waals surface area contributed by atoms with Gasteiger partial charge in [0.1, 0.15) is 0 Å². The van der Waals surface area contributed by atoms with Gasteiger partial charge in [0.05, 0.1) is 6.10 Å². The van der Waals surface area contributed by atoms with Gasteiger partial charge in [-0.2, -0.15) is 0 Å². The van der Waals surface area contributed by atoms with Crippen molar-refractivity contribution in [2.75, 3.05) is 39.3 Å². The van der Waals surface area contributed by atoms with Crippen molar-refractivity contribution >= 4 is 0 Å². The number of rotatable bonds is 3. The summed E-state index contributed by atoms with van der Waals surface area (Å²) < 4.78 is 0. The maximum Gasteiger partial charge on any atom is 0.0831 e. The Bertz CT molecular complexity index is 411. The molecule has 20 heavy (non-hydrogen) atoms. The molecule has 0 unspecified atom stereocenters. The predicted molar refractivity (Wildman–Crippen MR) is 80.6 cm³/mol. The summed E-state index contributed by atoms with van der Waals surface area (Å²) in [6.45, 7) is 7.14. The first kappa shape index (κ1) is 14.0. The Morgan fingerprint density at radius 1 is 1.05 bits per heavy atom. The van der Waals surface area contributed by atoms with Crippen LogP contribution < -0.4 is 5.32 Å². The van der Waals surface area contributed by atoms with E-state index in [9.17, 15) is 5.11 Å². The third-order valence-corrected chi connectivity index (χ3v) is 4.49. The lowest BCUT2D eigenvalue weighted by molar-refractivity contribution is 0.0850. The van der Waals surface area contributed by atoms with Crippen molar-refractivity contribution in [1.82, 2.24) is 15.1 Å². The maximum absolute atomic E-state index is 10.0. The van der Waals surface area contributed by atoms with Crippen LogP contribution >= 0.6 is 0 Å². The Morgan fingerprint density at radius 2 is 1.90 bits per heavy atom. The number of hydrogen-bond acceptors (Lipinski definition) is 4. The zero-order valence-electron chi connectivity index (χ0n) is 12.0. The Labute approximate surface area is 121 Å². The molecule has 2 heterocycles. The van der Waals surface area contributed by atoms with E-state index in [2.05, 4.69) is 45.4 Å². The number of aliphatic hydroxyl groups excluding tert-OH is 1. The molecule has 1 aromatic carbocycles. The van der Waals surface area contributed by atoms with Crippen LogP contribution in [0.5, 0.6) is 0 Å².